The van der Waals surface area contributed by atoms with Gasteiger partial charge in [0.1, 0.15) is 10.0 Å². The minimum atomic E-state index is 0.419. The lowest BCUT2D eigenvalue weighted by atomic mass is 9.90. The lowest BCUT2D eigenvalue weighted by Gasteiger charge is -2.43. The summed E-state index contributed by atoms with van der Waals surface area (Å²) < 4.78 is 10.5. The maximum absolute atomic E-state index is 6.07. The van der Waals surface area contributed by atoms with Gasteiger partial charge in [0, 0.05) is 30.7 Å². The third-order valence-electron chi connectivity index (χ3n) is 3.71. The first-order chi connectivity index (χ1) is 8.34. The zero-order valence-corrected chi connectivity index (χ0v) is 11.2. The minimum Gasteiger partial charge on any atom is -0.375 e. The lowest BCUT2D eigenvalue weighted by molar-refractivity contribution is -0.0914. The van der Waals surface area contributed by atoms with Gasteiger partial charge in [-0.25, -0.2) is 0 Å². The Bertz CT molecular complexity index is 385. The van der Waals surface area contributed by atoms with Gasteiger partial charge in [0.25, 0.3) is 0 Å². The van der Waals surface area contributed by atoms with Crippen molar-refractivity contribution in [3.05, 3.63) is 10.0 Å². The topological polar surface area (TPSA) is 38.2 Å². The Kier molecular flexibility index (Phi) is 3.61. The van der Waals surface area contributed by atoms with Crippen LogP contribution < -0.4 is 0 Å². The van der Waals surface area contributed by atoms with Crippen molar-refractivity contribution in [2.45, 2.75) is 44.4 Å². The average molecular weight is 274 g/mol. The predicted molar refractivity (Wildman–Crippen MR) is 67.3 cm³/mol. The molecule has 17 heavy (non-hydrogen) atoms. The maximum Gasteiger partial charge on any atom is 0.138 e. The van der Waals surface area contributed by atoms with Crippen LogP contribution in [-0.4, -0.2) is 39.8 Å². The number of hydrogen-bond donors (Lipinski definition) is 0. The van der Waals surface area contributed by atoms with Crippen molar-refractivity contribution in [2.24, 2.45) is 0 Å². The highest BCUT2D eigenvalue weighted by atomic mass is 35.5. The predicted octanol–water partition coefficient (Wildman–Crippen LogP) is 2.33. The molecule has 1 aliphatic heterocycles. The van der Waals surface area contributed by atoms with Crippen molar-refractivity contribution in [2.75, 3.05) is 13.2 Å². The van der Waals surface area contributed by atoms with E-state index in [0.717, 1.165) is 29.7 Å². The van der Waals surface area contributed by atoms with E-state index in [1.807, 2.05) is 0 Å². The molecule has 3 rings (SSSR count). The van der Waals surface area contributed by atoms with E-state index in [1.54, 1.807) is 0 Å². The summed E-state index contributed by atoms with van der Waals surface area (Å²) >= 11 is 7.34. The van der Waals surface area contributed by atoms with Crippen molar-refractivity contribution in [1.82, 2.24) is 14.5 Å². The third kappa shape index (κ3) is 2.47. The molecule has 2 fully saturated rings. The largest absolute Gasteiger partial charge is 0.375 e. The second kappa shape index (κ2) is 5.18. The molecular weight excluding hydrogens is 258 g/mol. The summed E-state index contributed by atoms with van der Waals surface area (Å²) in [5.74, 6) is 0. The highest BCUT2D eigenvalue weighted by Gasteiger charge is 2.34. The number of nitrogens with zero attached hydrogens (tertiary/aromatic N) is 3. The monoisotopic (exact) mass is 273 g/mol. The normalized spacial score (nSPS) is 30.2. The average Bonchev–Trinajstić information content (AvgIpc) is 2.76. The van der Waals surface area contributed by atoms with Gasteiger partial charge in [-0.1, -0.05) is 28.9 Å². The van der Waals surface area contributed by atoms with Gasteiger partial charge in [0.2, 0.25) is 0 Å². The second-order valence-corrected chi connectivity index (χ2v) is 6.08. The van der Waals surface area contributed by atoms with Crippen LogP contribution in [0.1, 0.15) is 31.4 Å². The van der Waals surface area contributed by atoms with Crippen molar-refractivity contribution < 1.29 is 4.74 Å². The van der Waals surface area contributed by atoms with Gasteiger partial charge >= 0.3 is 0 Å². The molecule has 1 aromatic heterocycles. The molecule has 0 N–H and O–H groups in total. The van der Waals surface area contributed by atoms with Gasteiger partial charge in [-0.15, -0.1) is 5.10 Å². The van der Waals surface area contributed by atoms with E-state index >= 15 is 0 Å². The van der Waals surface area contributed by atoms with Gasteiger partial charge in [-0.05, 0) is 12.8 Å². The molecule has 2 atom stereocenters. The van der Waals surface area contributed by atoms with Crippen molar-refractivity contribution in [1.29, 1.82) is 0 Å². The van der Waals surface area contributed by atoms with E-state index in [4.69, 9.17) is 16.3 Å². The summed E-state index contributed by atoms with van der Waals surface area (Å²) in [6.45, 7) is 2.63. The van der Waals surface area contributed by atoms with Gasteiger partial charge in [-0.2, -0.15) is 0 Å². The molecule has 1 saturated carbocycles. The molecule has 1 saturated heterocycles. The zero-order chi connectivity index (χ0) is 11.7. The maximum atomic E-state index is 6.07. The quantitative estimate of drug-likeness (QED) is 0.829. The standard InChI is InChI=1S/C11H16ClN3OS/c12-11-8(13-14-17-11)7-15-5-6-16-10-4-2-1-3-9(10)15/h9-10H,1-7H2/t9-,10-/m0/s1. The fourth-order valence-corrected chi connectivity index (χ4v) is 3.47. The van der Waals surface area contributed by atoms with Crippen LogP contribution >= 0.6 is 23.1 Å². The Hall–Kier alpha value is -0.230. The van der Waals surface area contributed by atoms with E-state index in [9.17, 15) is 0 Å². The fraction of sp³-hybridized carbons (Fsp3) is 0.818. The van der Waals surface area contributed by atoms with Crippen LogP contribution in [0.4, 0.5) is 0 Å². The molecule has 94 valence electrons. The molecule has 2 heterocycles. The van der Waals surface area contributed by atoms with Gasteiger partial charge in [0.15, 0.2) is 0 Å². The van der Waals surface area contributed by atoms with Gasteiger partial charge < -0.3 is 4.74 Å². The Morgan fingerprint density at radius 1 is 1.41 bits per heavy atom. The smallest absolute Gasteiger partial charge is 0.138 e. The summed E-state index contributed by atoms with van der Waals surface area (Å²) in [4.78, 5) is 2.47. The number of halogens is 1. The summed E-state index contributed by atoms with van der Waals surface area (Å²) in [6, 6.07) is 0.551. The fourth-order valence-electron chi connectivity index (χ4n) is 2.86. The number of hydrogen-bond acceptors (Lipinski definition) is 5. The highest BCUT2D eigenvalue weighted by Crippen LogP contribution is 2.30. The summed E-state index contributed by atoms with van der Waals surface area (Å²) in [5.41, 5.74) is 0.919. The number of ether oxygens (including phenoxy) is 1. The minimum absolute atomic E-state index is 0.419. The van der Waals surface area contributed by atoms with E-state index in [-0.39, 0.29) is 0 Å². The molecule has 0 spiro atoms. The molecule has 0 unspecified atom stereocenters. The molecule has 6 heteroatoms. The molecular formula is C11H16ClN3OS. The number of fused-ring (bicyclic) bond motifs is 1. The Morgan fingerprint density at radius 3 is 3.12 bits per heavy atom. The molecule has 0 radical (unpaired) electrons. The third-order valence-corrected chi connectivity index (χ3v) is 4.69. The van der Waals surface area contributed by atoms with Crippen LogP contribution in [0.3, 0.4) is 0 Å². The SMILES string of the molecule is Clc1snnc1CN1CCO[C@H]2CCCC[C@@H]21. The molecule has 1 aromatic rings. The summed E-state index contributed by atoms with van der Waals surface area (Å²) in [5, 5.41) is 4.10. The first-order valence-corrected chi connectivity index (χ1v) is 7.32. The van der Waals surface area contributed by atoms with Crippen molar-refractivity contribution in [3.8, 4) is 0 Å². The molecule has 0 amide bonds. The zero-order valence-electron chi connectivity index (χ0n) is 9.64. The number of rotatable bonds is 2. The van der Waals surface area contributed by atoms with Crippen LogP contribution in [0.15, 0.2) is 0 Å². The van der Waals surface area contributed by atoms with E-state index in [1.165, 1.54) is 37.2 Å². The van der Waals surface area contributed by atoms with Crippen LogP contribution in [-0.2, 0) is 11.3 Å². The van der Waals surface area contributed by atoms with Crippen LogP contribution in [0.25, 0.3) is 0 Å². The van der Waals surface area contributed by atoms with E-state index in [0.29, 0.717) is 12.1 Å². The second-order valence-electron chi connectivity index (χ2n) is 4.72. The Morgan fingerprint density at radius 2 is 2.29 bits per heavy atom. The molecule has 2 aliphatic rings. The van der Waals surface area contributed by atoms with Gasteiger partial charge in [-0.3, -0.25) is 4.90 Å². The molecule has 1 aliphatic carbocycles. The first kappa shape index (κ1) is 11.8. The van der Waals surface area contributed by atoms with Crippen molar-refractivity contribution >= 4 is 23.1 Å². The summed E-state index contributed by atoms with van der Waals surface area (Å²) in [6.07, 6.45) is 5.46. The number of aromatic nitrogens is 2. The van der Waals surface area contributed by atoms with Crippen molar-refractivity contribution in [3.63, 3.8) is 0 Å². The summed E-state index contributed by atoms with van der Waals surface area (Å²) in [7, 11) is 0. The first-order valence-electron chi connectivity index (χ1n) is 6.17. The van der Waals surface area contributed by atoms with E-state index < -0.39 is 0 Å². The molecule has 0 bridgehead atoms. The van der Waals surface area contributed by atoms with Crippen LogP contribution in [0.2, 0.25) is 4.34 Å². The molecule has 4 nitrogen and oxygen atoms in total. The van der Waals surface area contributed by atoms with Crippen LogP contribution in [0, 0.1) is 0 Å². The highest BCUT2D eigenvalue weighted by molar-refractivity contribution is 7.10. The Balaban J connectivity index is 1.71. The lowest BCUT2D eigenvalue weighted by Crippen LogP contribution is -2.52. The van der Waals surface area contributed by atoms with Crippen LogP contribution in [0.5, 0.6) is 0 Å². The van der Waals surface area contributed by atoms with E-state index in [2.05, 4.69) is 14.5 Å². The number of morpholine rings is 1. The molecule has 0 aromatic carbocycles. The Labute approximate surface area is 110 Å². The van der Waals surface area contributed by atoms with Gasteiger partial charge in [0.05, 0.1) is 12.7 Å².